The van der Waals surface area contributed by atoms with Crippen LogP contribution in [0.2, 0.25) is 0 Å². The molecule has 1 amide bonds. The van der Waals surface area contributed by atoms with Crippen molar-refractivity contribution < 1.29 is 14.8 Å². The Hall–Kier alpha value is -2.82. The van der Waals surface area contributed by atoms with Gasteiger partial charge in [-0.2, -0.15) is 5.26 Å². The number of hydrogen-bond donors (Lipinski definition) is 2. The first-order chi connectivity index (χ1) is 12.1. The van der Waals surface area contributed by atoms with Gasteiger partial charge in [-0.3, -0.25) is 10.1 Å². The number of benzene rings is 1. The highest BCUT2D eigenvalue weighted by Gasteiger charge is 2.35. The Morgan fingerprint density at radius 1 is 1.35 bits per heavy atom. The minimum absolute atomic E-state index is 0.0356. The Morgan fingerprint density at radius 2 is 1.96 bits per heavy atom. The van der Waals surface area contributed by atoms with Crippen LogP contribution >= 0.6 is 0 Å². The number of carbonyl (C=O) groups is 1. The summed E-state index contributed by atoms with van der Waals surface area (Å²) in [6, 6.07) is 6.25. The molecule has 0 saturated heterocycles. The van der Waals surface area contributed by atoms with Crippen LogP contribution in [0.5, 0.6) is 0 Å². The Bertz CT molecular complexity index is 728. The van der Waals surface area contributed by atoms with Crippen molar-refractivity contribution in [3.63, 3.8) is 0 Å². The topological polar surface area (TPSA) is 120 Å². The zero-order valence-corrected chi connectivity index (χ0v) is 15.2. The predicted octanol–water partition coefficient (Wildman–Crippen LogP) is 3.97. The number of hydrogen-bond acceptors (Lipinski definition) is 5. The average Bonchev–Trinajstić information content (AvgIpc) is 2.55. The standard InChI is InChI=1S/C18H24N4O4/c1-18(2,3)21(17(23)24)14-7-5-13(6-8-14)20-15-9-4-12(11-19)10-16(15)22(25)26/h4,9-10,13-14,20H,5-8H2,1-3H3,(H,23,24). The van der Waals surface area contributed by atoms with Crippen LogP contribution in [0.15, 0.2) is 18.2 Å². The molecule has 0 bridgehead atoms. The first-order valence-corrected chi connectivity index (χ1v) is 8.61. The summed E-state index contributed by atoms with van der Waals surface area (Å²) in [7, 11) is 0. The molecule has 26 heavy (non-hydrogen) atoms. The molecule has 0 radical (unpaired) electrons. The maximum atomic E-state index is 11.6. The summed E-state index contributed by atoms with van der Waals surface area (Å²) in [5, 5.41) is 32.9. The van der Waals surface area contributed by atoms with E-state index in [-0.39, 0.29) is 23.3 Å². The zero-order valence-electron chi connectivity index (χ0n) is 15.2. The highest BCUT2D eigenvalue weighted by Crippen LogP contribution is 2.32. The van der Waals surface area contributed by atoms with E-state index >= 15 is 0 Å². The van der Waals surface area contributed by atoms with Gasteiger partial charge in [0.15, 0.2) is 0 Å². The second-order valence-electron chi connectivity index (χ2n) is 7.57. The molecule has 1 aromatic rings. The molecule has 0 unspecified atom stereocenters. The van der Waals surface area contributed by atoms with Gasteiger partial charge in [-0.25, -0.2) is 4.79 Å². The molecule has 1 aromatic carbocycles. The second-order valence-corrected chi connectivity index (χ2v) is 7.57. The SMILES string of the molecule is CC(C)(C)N(C(=O)O)C1CCC(Nc2ccc(C#N)cc2[N+](=O)[O-])CC1. The fourth-order valence-corrected chi connectivity index (χ4v) is 3.56. The van der Waals surface area contributed by atoms with Crippen molar-refractivity contribution >= 4 is 17.5 Å². The summed E-state index contributed by atoms with van der Waals surface area (Å²) < 4.78 is 0. The van der Waals surface area contributed by atoms with Gasteiger partial charge in [-0.1, -0.05) is 0 Å². The molecular formula is C18H24N4O4. The Morgan fingerprint density at radius 3 is 2.42 bits per heavy atom. The number of anilines is 1. The maximum Gasteiger partial charge on any atom is 0.407 e. The fraction of sp³-hybridized carbons (Fsp3) is 0.556. The van der Waals surface area contributed by atoms with Crippen molar-refractivity contribution in [1.82, 2.24) is 4.90 Å². The molecule has 1 aliphatic rings. The van der Waals surface area contributed by atoms with Crippen LogP contribution < -0.4 is 5.32 Å². The fourth-order valence-electron chi connectivity index (χ4n) is 3.56. The van der Waals surface area contributed by atoms with Crippen molar-refractivity contribution in [2.75, 3.05) is 5.32 Å². The van der Waals surface area contributed by atoms with Crippen LogP contribution in [-0.2, 0) is 0 Å². The van der Waals surface area contributed by atoms with Crippen LogP contribution in [0.3, 0.4) is 0 Å². The lowest BCUT2D eigenvalue weighted by molar-refractivity contribution is -0.384. The van der Waals surface area contributed by atoms with Crippen molar-refractivity contribution in [3.8, 4) is 6.07 Å². The number of rotatable bonds is 4. The monoisotopic (exact) mass is 360 g/mol. The van der Waals surface area contributed by atoms with Gasteiger partial charge >= 0.3 is 6.09 Å². The number of nitrogens with zero attached hydrogens (tertiary/aromatic N) is 3. The van der Waals surface area contributed by atoms with E-state index < -0.39 is 16.6 Å². The predicted molar refractivity (Wildman–Crippen MR) is 97.1 cm³/mol. The van der Waals surface area contributed by atoms with Crippen LogP contribution in [0.1, 0.15) is 52.0 Å². The van der Waals surface area contributed by atoms with E-state index in [4.69, 9.17) is 5.26 Å². The van der Waals surface area contributed by atoms with Gasteiger partial charge in [-0.05, 0) is 58.6 Å². The molecule has 2 rings (SSSR count). The van der Waals surface area contributed by atoms with Gasteiger partial charge in [0.2, 0.25) is 0 Å². The summed E-state index contributed by atoms with van der Waals surface area (Å²) in [4.78, 5) is 23.9. The highest BCUT2D eigenvalue weighted by atomic mass is 16.6. The molecule has 140 valence electrons. The van der Waals surface area contributed by atoms with Gasteiger partial charge in [0, 0.05) is 23.7 Å². The quantitative estimate of drug-likeness (QED) is 0.619. The van der Waals surface area contributed by atoms with Gasteiger partial charge in [0.05, 0.1) is 16.6 Å². The van der Waals surface area contributed by atoms with Crippen LogP contribution in [0.4, 0.5) is 16.2 Å². The summed E-state index contributed by atoms with van der Waals surface area (Å²) in [5.74, 6) is 0. The third-order valence-corrected chi connectivity index (χ3v) is 4.67. The number of nitro benzene ring substituents is 1. The highest BCUT2D eigenvalue weighted by molar-refractivity contribution is 5.66. The van der Waals surface area contributed by atoms with E-state index in [0.29, 0.717) is 18.5 Å². The van der Waals surface area contributed by atoms with E-state index in [1.165, 1.54) is 11.0 Å². The van der Waals surface area contributed by atoms with Crippen molar-refractivity contribution in [1.29, 1.82) is 5.26 Å². The third-order valence-electron chi connectivity index (χ3n) is 4.67. The Balaban J connectivity index is 2.07. The lowest BCUT2D eigenvalue weighted by Gasteiger charge is -2.42. The van der Waals surface area contributed by atoms with E-state index in [1.54, 1.807) is 12.1 Å². The number of nitriles is 1. The van der Waals surface area contributed by atoms with E-state index in [2.05, 4.69) is 5.32 Å². The van der Waals surface area contributed by atoms with Crippen molar-refractivity contribution in [2.24, 2.45) is 0 Å². The summed E-state index contributed by atoms with van der Waals surface area (Å²) in [6.45, 7) is 5.64. The molecule has 8 heteroatoms. The van der Waals surface area contributed by atoms with E-state index in [9.17, 15) is 20.0 Å². The molecule has 0 heterocycles. The molecule has 2 N–H and O–H groups in total. The molecule has 0 aromatic heterocycles. The summed E-state index contributed by atoms with van der Waals surface area (Å²) >= 11 is 0. The first-order valence-electron chi connectivity index (χ1n) is 8.61. The lowest BCUT2D eigenvalue weighted by atomic mass is 9.88. The molecular weight excluding hydrogens is 336 g/mol. The number of nitrogens with one attached hydrogen (secondary N) is 1. The third kappa shape index (κ3) is 4.42. The second kappa shape index (κ2) is 7.60. The summed E-state index contributed by atoms with van der Waals surface area (Å²) in [5.41, 5.74) is 0.0486. The lowest BCUT2D eigenvalue weighted by Crippen LogP contribution is -2.52. The number of carboxylic acid groups (broad SMARTS) is 1. The van der Waals surface area contributed by atoms with Gasteiger partial charge in [0.25, 0.3) is 5.69 Å². The van der Waals surface area contributed by atoms with Crippen molar-refractivity contribution in [3.05, 3.63) is 33.9 Å². The molecule has 1 fully saturated rings. The molecule has 0 spiro atoms. The normalized spacial score (nSPS) is 20.1. The minimum Gasteiger partial charge on any atom is -0.465 e. The number of nitro groups is 1. The van der Waals surface area contributed by atoms with Gasteiger partial charge in [-0.15, -0.1) is 0 Å². The summed E-state index contributed by atoms with van der Waals surface area (Å²) in [6.07, 6.45) is 1.93. The Kier molecular flexibility index (Phi) is 5.70. The van der Waals surface area contributed by atoms with Crippen molar-refractivity contribution in [2.45, 2.75) is 64.1 Å². The zero-order chi connectivity index (χ0) is 19.5. The van der Waals surface area contributed by atoms with Crippen LogP contribution in [0, 0.1) is 21.4 Å². The smallest absolute Gasteiger partial charge is 0.407 e. The van der Waals surface area contributed by atoms with E-state index in [1.807, 2.05) is 26.8 Å². The van der Waals surface area contributed by atoms with Crippen LogP contribution in [0.25, 0.3) is 0 Å². The molecule has 0 atom stereocenters. The molecule has 1 saturated carbocycles. The maximum absolute atomic E-state index is 11.6. The van der Waals surface area contributed by atoms with Crippen LogP contribution in [-0.4, -0.2) is 38.6 Å². The molecule has 1 aliphatic carbocycles. The number of amides is 1. The van der Waals surface area contributed by atoms with Gasteiger partial charge < -0.3 is 15.3 Å². The average molecular weight is 360 g/mol. The first kappa shape index (κ1) is 19.5. The van der Waals surface area contributed by atoms with E-state index in [0.717, 1.165) is 12.8 Å². The largest absolute Gasteiger partial charge is 0.465 e. The Labute approximate surface area is 152 Å². The van der Waals surface area contributed by atoms with Gasteiger partial charge in [0.1, 0.15) is 5.69 Å². The molecule has 8 nitrogen and oxygen atoms in total. The minimum atomic E-state index is -0.920. The molecule has 0 aliphatic heterocycles.